The van der Waals surface area contributed by atoms with Gasteiger partial charge in [-0.25, -0.2) is 5.43 Å². The van der Waals surface area contributed by atoms with Crippen molar-refractivity contribution in [2.24, 2.45) is 5.10 Å². The Hall–Kier alpha value is -2.87. The molecular weight excluding hydrogens is 264 g/mol. The van der Waals surface area contributed by atoms with Gasteiger partial charge in [-0.1, -0.05) is 24.3 Å². The first-order chi connectivity index (χ1) is 10.2. The van der Waals surface area contributed by atoms with Crippen LogP contribution < -0.4 is 5.43 Å². The number of hydrazone groups is 1. The van der Waals surface area contributed by atoms with Gasteiger partial charge in [0, 0.05) is 28.7 Å². The van der Waals surface area contributed by atoms with Crippen LogP contribution in [0.2, 0.25) is 0 Å². The summed E-state index contributed by atoms with van der Waals surface area (Å²) in [6.07, 6.45) is 3.26. The first-order valence-electron chi connectivity index (χ1n) is 6.56. The molecule has 0 fully saturated rings. The first kappa shape index (κ1) is 14.5. The highest BCUT2D eigenvalue weighted by Crippen LogP contribution is 2.24. The molecule has 0 aliphatic heterocycles. The zero-order valence-electron chi connectivity index (χ0n) is 11.8. The average Bonchev–Trinajstić information content (AvgIpc) is 2.74. The molecule has 0 saturated heterocycles. The van der Waals surface area contributed by atoms with Crippen LogP contribution in [0.1, 0.15) is 17.7 Å². The van der Waals surface area contributed by atoms with E-state index in [4.69, 9.17) is 5.26 Å². The number of benzene rings is 1. The van der Waals surface area contributed by atoms with Crippen molar-refractivity contribution in [2.75, 3.05) is 0 Å². The molecule has 1 amide bonds. The lowest BCUT2D eigenvalue weighted by atomic mass is 10.1. The summed E-state index contributed by atoms with van der Waals surface area (Å²) in [5.74, 6) is -0.416. The summed E-state index contributed by atoms with van der Waals surface area (Å²) in [6.45, 7) is 6.49. The van der Waals surface area contributed by atoms with Crippen LogP contribution in [-0.4, -0.2) is 16.7 Å². The van der Waals surface area contributed by atoms with E-state index in [-0.39, 0.29) is 6.42 Å². The van der Waals surface area contributed by atoms with Crippen molar-refractivity contribution in [3.63, 3.8) is 0 Å². The molecule has 0 saturated carbocycles. The Kier molecular flexibility index (Phi) is 4.52. The average molecular weight is 280 g/mol. The monoisotopic (exact) mass is 280 g/mol. The van der Waals surface area contributed by atoms with Crippen LogP contribution in [0.4, 0.5) is 0 Å². The van der Waals surface area contributed by atoms with Crippen LogP contribution in [0.25, 0.3) is 10.9 Å². The predicted octanol–water partition coefficient (Wildman–Crippen LogP) is 2.50. The van der Waals surface area contributed by atoms with Gasteiger partial charge in [0.05, 0.1) is 12.3 Å². The molecule has 0 aliphatic rings. The van der Waals surface area contributed by atoms with Crippen LogP contribution in [0, 0.1) is 18.3 Å². The van der Waals surface area contributed by atoms with Gasteiger partial charge in [0.15, 0.2) is 0 Å². The lowest BCUT2D eigenvalue weighted by molar-refractivity contribution is -0.120. The SMILES string of the molecule is C=CCn1c(C)c(C=NNC(=O)CC#N)c2ccccc21. The zero-order chi connectivity index (χ0) is 15.2. The number of hydrogen-bond donors (Lipinski definition) is 1. The topological polar surface area (TPSA) is 70.2 Å². The number of aromatic nitrogens is 1. The molecule has 0 aliphatic carbocycles. The van der Waals surface area contributed by atoms with E-state index < -0.39 is 5.91 Å². The Morgan fingerprint density at radius 2 is 2.29 bits per heavy atom. The van der Waals surface area contributed by atoms with E-state index in [9.17, 15) is 4.79 Å². The van der Waals surface area contributed by atoms with Crippen LogP contribution in [0.15, 0.2) is 42.0 Å². The lowest BCUT2D eigenvalue weighted by Crippen LogP contribution is -2.16. The predicted molar refractivity (Wildman–Crippen MR) is 82.8 cm³/mol. The third-order valence-corrected chi connectivity index (χ3v) is 3.21. The first-order valence-corrected chi connectivity index (χ1v) is 6.56. The van der Waals surface area contributed by atoms with Crippen molar-refractivity contribution in [3.05, 3.63) is 48.2 Å². The summed E-state index contributed by atoms with van der Waals surface area (Å²) < 4.78 is 2.14. The number of nitrogens with zero attached hydrogens (tertiary/aromatic N) is 3. The Labute approximate surface area is 123 Å². The number of hydrogen-bond acceptors (Lipinski definition) is 3. The minimum absolute atomic E-state index is 0.200. The molecule has 0 radical (unpaired) electrons. The number of allylic oxidation sites excluding steroid dienone is 1. The molecule has 21 heavy (non-hydrogen) atoms. The largest absolute Gasteiger partial charge is 0.340 e. The van der Waals surface area contributed by atoms with E-state index in [2.05, 4.69) is 21.7 Å². The smallest absolute Gasteiger partial charge is 0.254 e. The molecular formula is C16H16N4O. The Morgan fingerprint density at radius 1 is 1.52 bits per heavy atom. The van der Waals surface area contributed by atoms with Gasteiger partial charge in [-0.3, -0.25) is 4.79 Å². The van der Waals surface area contributed by atoms with Crippen LogP contribution >= 0.6 is 0 Å². The van der Waals surface area contributed by atoms with Gasteiger partial charge in [0.1, 0.15) is 6.42 Å². The highest BCUT2D eigenvalue weighted by Gasteiger charge is 2.11. The van der Waals surface area contributed by atoms with Crippen LogP contribution in [0.5, 0.6) is 0 Å². The number of amides is 1. The summed E-state index contributed by atoms with van der Waals surface area (Å²) in [5, 5.41) is 13.4. The maximum absolute atomic E-state index is 11.2. The Morgan fingerprint density at radius 3 is 3.00 bits per heavy atom. The summed E-state index contributed by atoms with van der Waals surface area (Å²) in [7, 11) is 0. The molecule has 5 nitrogen and oxygen atoms in total. The normalized spacial score (nSPS) is 10.7. The molecule has 0 unspecified atom stereocenters. The van der Waals surface area contributed by atoms with E-state index in [0.29, 0.717) is 6.54 Å². The van der Waals surface area contributed by atoms with Gasteiger partial charge < -0.3 is 4.57 Å². The van der Waals surface area contributed by atoms with Gasteiger partial charge in [-0.15, -0.1) is 6.58 Å². The molecule has 0 spiro atoms. The molecule has 106 valence electrons. The van der Waals surface area contributed by atoms with E-state index in [1.807, 2.05) is 37.3 Å². The fourth-order valence-electron chi connectivity index (χ4n) is 2.27. The van der Waals surface area contributed by atoms with E-state index in [0.717, 1.165) is 22.2 Å². The minimum Gasteiger partial charge on any atom is -0.340 e. The van der Waals surface area contributed by atoms with Gasteiger partial charge in [-0.05, 0) is 13.0 Å². The maximum Gasteiger partial charge on any atom is 0.254 e. The number of rotatable bonds is 5. The number of nitriles is 1. The molecule has 2 rings (SSSR count). The minimum atomic E-state index is -0.416. The van der Waals surface area contributed by atoms with E-state index >= 15 is 0 Å². The third-order valence-electron chi connectivity index (χ3n) is 3.21. The van der Waals surface area contributed by atoms with Crippen molar-refractivity contribution < 1.29 is 4.79 Å². The molecule has 0 atom stereocenters. The molecule has 1 N–H and O–H groups in total. The quantitative estimate of drug-likeness (QED) is 0.519. The van der Waals surface area contributed by atoms with Crippen molar-refractivity contribution in [2.45, 2.75) is 19.9 Å². The summed E-state index contributed by atoms with van der Waals surface area (Å²) in [6, 6.07) is 9.78. The second kappa shape index (κ2) is 6.53. The highest BCUT2D eigenvalue weighted by atomic mass is 16.2. The van der Waals surface area contributed by atoms with Crippen molar-refractivity contribution in [3.8, 4) is 6.07 Å². The second-order valence-corrected chi connectivity index (χ2v) is 4.54. The van der Waals surface area contributed by atoms with Crippen molar-refractivity contribution >= 4 is 23.0 Å². The number of fused-ring (bicyclic) bond motifs is 1. The highest BCUT2D eigenvalue weighted by molar-refractivity contribution is 6.01. The molecule has 0 bridgehead atoms. The standard InChI is InChI=1S/C16H16N4O/c1-3-10-20-12(2)14(11-18-19-16(21)8-9-17)13-6-4-5-7-15(13)20/h3-7,11H,1,8,10H2,2H3,(H,19,21). The molecule has 1 heterocycles. The molecule has 5 heteroatoms. The maximum atomic E-state index is 11.2. The number of nitrogens with one attached hydrogen (secondary N) is 1. The zero-order valence-corrected chi connectivity index (χ0v) is 11.8. The van der Waals surface area contributed by atoms with Gasteiger partial charge in [-0.2, -0.15) is 10.4 Å². The molecule has 1 aromatic heterocycles. The Balaban J connectivity index is 2.38. The fraction of sp³-hybridized carbons (Fsp3) is 0.188. The summed E-state index contributed by atoms with van der Waals surface area (Å²) in [4.78, 5) is 11.2. The fourth-order valence-corrected chi connectivity index (χ4v) is 2.27. The number of carbonyl (C=O) groups excluding carboxylic acids is 1. The van der Waals surface area contributed by atoms with Crippen molar-refractivity contribution in [1.29, 1.82) is 5.26 Å². The summed E-state index contributed by atoms with van der Waals surface area (Å²) in [5.41, 5.74) is 5.44. The lowest BCUT2D eigenvalue weighted by Gasteiger charge is -2.03. The van der Waals surface area contributed by atoms with E-state index in [1.165, 1.54) is 0 Å². The number of para-hydroxylation sites is 1. The molecule has 1 aromatic carbocycles. The molecule has 2 aromatic rings. The van der Waals surface area contributed by atoms with E-state index in [1.54, 1.807) is 12.3 Å². The second-order valence-electron chi connectivity index (χ2n) is 4.54. The third kappa shape index (κ3) is 3.00. The summed E-state index contributed by atoms with van der Waals surface area (Å²) >= 11 is 0. The van der Waals surface area contributed by atoms with Gasteiger partial charge in [0.25, 0.3) is 5.91 Å². The number of carbonyl (C=O) groups is 1. The van der Waals surface area contributed by atoms with Crippen LogP contribution in [0.3, 0.4) is 0 Å². The van der Waals surface area contributed by atoms with Crippen molar-refractivity contribution in [1.82, 2.24) is 9.99 Å². The van der Waals surface area contributed by atoms with Gasteiger partial charge >= 0.3 is 0 Å². The van der Waals surface area contributed by atoms with Gasteiger partial charge in [0.2, 0.25) is 0 Å². The van der Waals surface area contributed by atoms with Crippen LogP contribution in [-0.2, 0) is 11.3 Å². The Bertz CT molecular complexity index is 749.